The van der Waals surface area contributed by atoms with E-state index in [4.69, 9.17) is 5.26 Å². The molecule has 1 N–H and O–H groups in total. The van der Waals surface area contributed by atoms with Crippen LogP contribution in [-0.4, -0.2) is 6.54 Å². The topological polar surface area (TPSA) is 35.8 Å². The number of aryl methyl sites for hydroxylation is 1. The van der Waals surface area contributed by atoms with E-state index in [1.54, 1.807) is 6.07 Å². The van der Waals surface area contributed by atoms with Crippen LogP contribution < -0.4 is 5.32 Å². The highest BCUT2D eigenvalue weighted by Crippen LogP contribution is 2.16. The van der Waals surface area contributed by atoms with Crippen molar-refractivity contribution in [1.82, 2.24) is 5.32 Å². The van der Waals surface area contributed by atoms with Crippen molar-refractivity contribution >= 4 is 0 Å². The first kappa shape index (κ1) is 15.2. The molecule has 2 rings (SSSR count). The summed E-state index contributed by atoms with van der Waals surface area (Å²) in [5, 5.41) is 12.4. The van der Waals surface area contributed by atoms with Crippen LogP contribution in [0, 0.1) is 24.1 Å². The molecule has 0 aliphatic heterocycles. The molecule has 1 atom stereocenters. The Hall–Kier alpha value is -2.18. The van der Waals surface area contributed by atoms with Crippen molar-refractivity contribution in [1.29, 1.82) is 5.26 Å². The molecule has 21 heavy (non-hydrogen) atoms. The molecule has 0 saturated heterocycles. The van der Waals surface area contributed by atoms with E-state index >= 15 is 0 Å². The van der Waals surface area contributed by atoms with Gasteiger partial charge in [-0.15, -0.1) is 0 Å². The fourth-order valence-corrected chi connectivity index (χ4v) is 2.41. The molecular weight excluding hydrogens is 263 g/mol. The Kier molecular flexibility index (Phi) is 5.48. The van der Waals surface area contributed by atoms with Crippen molar-refractivity contribution in [3.8, 4) is 6.07 Å². The number of hydrogen-bond donors (Lipinski definition) is 1. The van der Waals surface area contributed by atoms with Gasteiger partial charge in [-0.3, -0.25) is 0 Å². The second-order valence-electron chi connectivity index (χ2n) is 5.10. The molecule has 2 nitrogen and oxygen atoms in total. The normalized spacial score (nSPS) is 11.9. The first-order chi connectivity index (χ1) is 10.2. The van der Waals surface area contributed by atoms with Crippen molar-refractivity contribution in [3.05, 3.63) is 71.0 Å². The molecule has 1 unspecified atom stereocenters. The summed E-state index contributed by atoms with van der Waals surface area (Å²) in [4.78, 5) is 0. The summed E-state index contributed by atoms with van der Waals surface area (Å²) >= 11 is 0. The lowest BCUT2D eigenvalue weighted by molar-refractivity contribution is 0.545. The molecule has 2 aromatic carbocycles. The van der Waals surface area contributed by atoms with E-state index in [-0.39, 0.29) is 11.9 Å². The van der Waals surface area contributed by atoms with Crippen molar-refractivity contribution in [2.45, 2.75) is 25.8 Å². The predicted octanol–water partition coefficient (Wildman–Crippen LogP) is 3.92. The van der Waals surface area contributed by atoms with Crippen molar-refractivity contribution < 1.29 is 4.39 Å². The Morgan fingerprint density at radius 2 is 1.95 bits per heavy atom. The van der Waals surface area contributed by atoms with Crippen molar-refractivity contribution in [2.24, 2.45) is 0 Å². The van der Waals surface area contributed by atoms with Crippen LogP contribution in [0.3, 0.4) is 0 Å². The smallest absolute Gasteiger partial charge is 0.123 e. The van der Waals surface area contributed by atoms with Crippen LogP contribution >= 0.6 is 0 Å². The van der Waals surface area contributed by atoms with Crippen LogP contribution in [-0.2, 0) is 6.42 Å². The monoisotopic (exact) mass is 282 g/mol. The summed E-state index contributed by atoms with van der Waals surface area (Å²) in [7, 11) is 0. The SMILES string of the molecule is Cc1cc(F)ccc1CCNC(CC#N)c1ccccc1. The Morgan fingerprint density at radius 1 is 1.19 bits per heavy atom. The van der Waals surface area contributed by atoms with E-state index in [1.165, 1.54) is 6.07 Å². The van der Waals surface area contributed by atoms with Gasteiger partial charge in [0.2, 0.25) is 0 Å². The molecule has 0 aliphatic rings. The molecule has 0 radical (unpaired) electrons. The quantitative estimate of drug-likeness (QED) is 0.871. The molecule has 0 aliphatic carbocycles. The largest absolute Gasteiger partial charge is 0.309 e. The average molecular weight is 282 g/mol. The molecule has 0 fully saturated rings. The molecule has 3 heteroatoms. The number of halogens is 1. The van der Waals surface area contributed by atoms with Gasteiger partial charge in [-0.2, -0.15) is 5.26 Å². The van der Waals surface area contributed by atoms with Gasteiger partial charge in [0.05, 0.1) is 12.5 Å². The second kappa shape index (κ2) is 7.56. The van der Waals surface area contributed by atoms with Crippen molar-refractivity contribution in [2.75, 3.05) is 6.54 Å². The minimum absolute atomic E-state index is 0.0388. The van der Waals surface area contributed by atoms with Gasteiger partial charge < -0.3 is 5.32 Å². The van der Waals surface area contributed by atoms with E-state index in [1.807, 2.05) is 43.3 Å². The van der Waals surface area contributed by atoms with Gasteiger partial charge in [0.15, 0.2) is 0 Å². The molecular formula is C18H19FN2. The van der Waals surface area contributed by atoms with Crippen LogP contribution in [0.1, 0.15) is 29.2 Å². The third-order valence-corrected chi connectivity index (χ3v) is 3.59. The second-order valence-corrected chi connectivity index (χ2v) is 5.10. The molecule has 2 aromatic rings. The molecule has 0 bridgehead atoms. The van der Waals surface area contributed by atoms with Crippen LogP contribution in [0.5, 0.6) is 0 Å². The highest BCUT2D eigenvalue weighted by Gasteiger charge is 2.10. The third-order valence-electron chi connectivity index (χ3n) is 3.59. The van der Waals surface area contributed by atoms with Crippen LogP contribution in [0.2, 0.25) is 0 Å². The Morgan fingerprint density at radius 3 is 2.62 bits per heavy atom. The Bertz CT molecular complexity index is 617. The number of nitrogens with zero attached hydrogens (tertiary/aromatic N) is 1. The fourth-order valence-electron chi connectivity index (χ4n) is 2.41. The molecule has 0 aromatic heterocycles. The summed E-state index contributed by atoms with van der Waals surface area (Å²) in [6, 6.07) is 17.1. The van der Waals surface area contributed by atoms with Gasteiger partial charge in [-0.05, 0) is 48.7 Å². The lowest BCUT2D eigenvalue weighted by Gasteiger charge is -2.16. The lowest BCUT2D eigenvalue weighted by Crippen LogP contribution is -2.23. The minimum Gasteiger partial charge on any atom is -0.309 e. The van der Waals surface area contributed by atoms with Gasteiger partial charge >= 0.3 is 0 Å². The van der Waals surface area contributed by atoms with Gasteiger partial charge in [-0.25, -0.2) is 4.39 Å². The van der Waals surface area contributed by atoms with Crippen molar-refractivity contribution in [3.63, 3.8) is 0 Å². The number of benzene rings is 2. The zero-order valence-corrected chi connectivity index (χ0v) is 12.1. The van der Waals surface area contributed by atoms with E-state index < -0.39 is 0 Å². The van der Waals surface area contributed by atoms with Gasteiger partial charge in [0.1, 0.15) is 5.82 Å². The highest BCUT2D eigenvalue weighted by molar-refractivity contribution is 5.27. The van der Waals surface area contributed by atoms with E-state index in [0.29, 0.717) is 6.42 Å². The fraction of sp³-hybridized carbons (Fsp3) is 0.278. The summed E-state index contributed by atoms with van der Waals surface area (Å²) < 4.78 is 13.1. The van der Waals surface area contributed by atoms with Crippen LogP contribution in [0.25, 0.3) is 0 Å². The zero-order valence-electron chi connectivity index (χ0n) is 12.1. The molecule has 0 saturated carbocycles. The minimum atomic E-state index is -0.198. The van der Waals surface area contributed by atoms with Crippen LogP contribution in [0.15, 0.2) is 48.5 Å². The first-order valence-electron chi connectivity index (χ1n) is 7.11. The molecule has 108 valence electrons. The van der Waals surface area contributed by atoms with E-state index in [0.717, 1.165) is 29.7 Å². The molecule has 0 amide bonds. The predicted molar refractivity (Wildman–Crippen MR) is 82.3 cm³/mol. The van der Waals surface area contributed by atoms with Gasteiger partial charge in [0.25, 0.3) is 0 Å². The Balaban J connectivity index is 1.95. The number of hydrogen-bond acceptors (Lipinski definition) is 2. The lowest BCUT2D eigenvalue weighted by atomic mass is 10.0. The van der Waals surface area contributed by atoms with Crippen LogP contribution in [0.4, 0.5) is 4.39 Å². The zero-order chi connectivity index (χ0) is 15.1. The number of nitrogens with one attached hydrogen (secondary N) is 1. The summed E-state index contributed by atoms with van der Waals surface area (Å²) in [6.07, 6.45) is 1.26. The standard InChI is InChI=1S/C18H19FN2/c1-14-13-17(19)8-7-15(14)10-12-21-18(9-11-20)16-5-3-2-4-6-16/h2-8,13,18,21H,9-10,12H2,1H3. The van der Waals surface area contributed by atoms with Gasteiger partial charge in [-0.1, -0.05) is 36.4 Å². The first-order valence-corrected chi connectivity index (χ1v) is 7.11. The molecule has 0 spiro atoms. The maximum atomic E-state index is 13.1. The number of rotatable bonds is 6. The van der Waals surface area contributed by atoms with E-state index in [2.05, 4.69) is 11.4 Å². The average Bonchev–Trinajstić information content (AvgIpc) is 2.49. The van der Waals surface area contributed by atoms with Gasteiger partial charge in [0, 0.05) is 6.04 Å². The number of nitriles is 1. The third kappa shape index (κ3) is 4.40. The maximum Gasteiger partial charge on any atom is 0.123 e. The van der Waals surface area contributed by atoms with E-state index in [9.17, 15) is 4.39 Å². The molecule has 0 heterocycles. The maximum absolute atomic E-state index is 13.1. The summed E-state index contributed by atoms with van der Waals surface area (Å²) in [6.45, 7) is 2.68. The Labute approximate surface area is 125 Å². The summed E-state index contributed by atoms with van der Waals surface area (Å²) in [5.74, 6) is -0.198. The summed E-state index contributed by atoms with van der Waals surface area (Å²) in [5.41, 5.74) is 3.22. The highest BCUT2D eigenvalue weighted by atomic mass is 19.1.